The van der Waals surface area contributed by atoms with Crippen LogP contribution >= 0.6 is 23.3 Å². The average Bonchev–Trinajstić information content (AvgIpc) is 3.38. The van der Waals surface area contributed by atoms with Crippen LogP contribution in [0.15, 0.2) is 47.9 Å². The molecule has 144 valence electrons. The van der Waals surface area contributed by atoms with Crippen molar-refractivity contribution in [1.29, 1.82) is 0 Å². The molecule has 1 aromatic heterocycles. The molecule has 1 aromatic carbocycles. The van der Waals surface area contributed by atoms with Crippen LogP contribution in [0.3, 0.4) is 0 Å². The topological polar surface area (TPSA) is 64.3 Å². The third kappa shape index (κ3) is 5.31. The fourth-order valence-electron chi connectivity index (χ4n) is 2.57. The number of ether oxygens (including phenoxy) is 1. The highest BCUT2D eigenvalue weighted by Crippen LogP contribution is 2.41. The predicted molar refractivity (Wildman–Crippen MR) is 105 cm³/mol. The summed E-state index contributed by atoms with van der Waals surface area (Å²) in [6.45, 7) is 0.807. The zero-order chi connectivity index (χ0) is 19.4. The number of nitrogens with one attached hydrogen (secondary N) is 1. The molecule has 3 rings (SSSR count). The van der Waals surface area contributed by atoms with Crippen molar-refractivity contribution in [3.05, 3.63) is 57.6 Å². The number of rotatable bonds is 8. The van der Waals surface area contributed by atoms with E-state index in [4.69, 9.17) is 9.88 Å². The van der Waals surface area contributed by atoms with E-state index in [1.807, 2.05) is 12.1 Å². The molecule has 2 aromatic rings. The number of carbonyl (C=O) groups excluding carboxylic acids is 1. The first-order valence-corrected chi connectivity index (χ1v) is 10.2. The number of nitrogens with two attached hydrogens (primary N) is 1. The highest BCUT2D eigenvalue weighted by Gasteiger charge is 2.34. The van der Waals surface area contributed by atoms with Crippen LogP contribution in [-0.4, -0.2) is 11.9 Å². The van der Waals surface area contributed by atoms with Crippen molar-refractivity contribution in [2.75, 3.05) is 0 Å². The third-order valence-corrected chi connectivity index (χ3v) is 5.70. The minimum absolute atomic E-state index is 0.131. The van der Waals surface area contributed by atoms with Gasteiger partial charge in [-0.25, -0.2) is 8.78 Å². The molecule has 27 heavy (non-hydrogen) atoms. The Morgan fingerprint density at radius 1 is 1.41 bits per heavy atom. The SMILES string of the molecule is CC(F)(F)c1cc(Oc2ccccc2)c(C(=O)NC(/C=C/SN)C2CC2)s1. The lowest BCUT2D eigenvalue weighted by atomic mass is 10.2. The highest BCUT2D eigenvalue weighted by molar-refractivity contribution is 7.99. The Labute approximate surface area is 164 Å². The van der Waals surface area contributed by atoms with Gasteiger partial charge in [-0.3, -0.25) is 9.93 Å². The van der Waals surface area contributed by atoms with E-state index in [1.165, 1.54) is 6.07 Å². The van der Waals surface area contributed by atoms with Crippen LogP contribution in [0.25, 0.3) is 0 Å². The number of benzene rings is 1. The molecular weight excluding hydrogens is 390 g/mol. The molecular formula is C19H20F2N2O2S2. The van der Waals surface area contributed by atoms with Crippen molar-refractivity contribution in [3.63, 3.8) is 0 Å². The zero-order valence-corrected chi connectivity index (χ0v) is 16.3. The lowest BCUT2D eigenvalue weighted by Crippen LogP contribution is -2.34. The molecule has 1 fully saturated rings. The summed E-state index contributed by atoms with van der Waals surface area (Å²) in [5.74, 6) is -2.52. The van der Waals surface area contributed by atoms with Gasteiger partial charge in [-0.15, -0.1) is 11.3 Å². The van der Waals surface area contributed by atoms with E-state index >= 15 is 0 Å². The van der Waals surface area contributed by atoms with Crippen LogP contribution in [0.5, 0.6) is 11.5 Å². The molecule has 0 spiro atoms. The van der Waals surface area contributed by atoms with Crippen molar-refractivity contribution in [3.8, 4) is 11.5 Å². The Balaban J connectivity index is 1.86. The number of para-hydroxylation sites is 1. The molecule has 1 saturated carbocycles. The Bertz CT molecular complexity index is 815. The Kier molecular flexibility index (Phi) is 6.18. The Morgan fingerprint density at radius 3 is 2.70 bits per heavy atom. The monoisotopic (exact) mass is 410 g/mol. The molecule has 1 aliphatic rings. The summed E-state index contributed by atoms with van der Waals surface area (Å²) in [5.41, 5.74) is 0. The number of thiophene rings is 1. The number of amides is 1. The molecule has 1 amide bonds. The summed E-state index contributed by atoms with van der Waals surface area (Å²) in [6, 6.07) is 9.84. The summed E-state index contributed by atoms with van der Waals surface area (Å²) < 4.78 is 33.3. The van der Waals surface area contributed by atoms with Crippen LogP contribution in [0.2, 0.25) is 0 Å². The second-order valence-electron chi connectivity index (χ2n) is 6.41. The number of alkyl halides is 2. The molecule has 0 saturated heterocycles. The number of hydrogen-bond donors (Lipinski definition) is 2. The zero-order valence-electron chi connectivity index (χ0n) is 14.7. The van der Waals surface area contributed by atoms with E-state index in [2.05, 4.69) is 5.32 Å². The maximum atomic E-state index is 13.8. The van der Waals surface area contributed by atoms with Gasteiger partial charge >= 0.3 is 0 Å². The number of carbonyl (C=O) groups is 1. The molecule has 1 atom stereocenters. The van der Waals surface area contributed by atoms with Gasteiger partial charge < -0.3 is 10.1 Å². The van der Waals surface area contributed by atoms with Gasteiger partial charge in [0.2, 0.25) is 0 Å². The first-order chi connectivity index (χ1) is 12.9. The van der Waals surface area contributed by atoms with Crippen LogP contribution < -0.4 is 15.2 Å². The lowest BCUT2D eigenvalue weighted by molar-refractivity contribution is 0.0214. The first-order valence-electron chi connectivity index (χ1n) is 8.46. The second-order valence-corrected chi connectivity index (χ2v) is 8.01. The van der Waals surface area contributed by atoms with Crippen LogP contribution in [-0.2, 0) is 5.92 Å². The first kappa shape index (κ1) is 19.9. The van der Waals surface area contributed by atoms with Gasteiger partial charge in [0.05, 0.1) is 10.9 Å². The van der Waals surface area contributed by atoms with Crippen molar-refractivity contribution < 1.29 is 18.3 Å². The van der Waals surface area contributed by atoms with Gasteiger partial charge in [0.1, 0.15) is 10.6 Å². The fraction of sp³-hybridized carbons (Fsp3) is 0.316. The van der Waals surface area contributed by atoms with Crippen LogP contribution in [0.4, 0.5) is 8.78 Å². The third-order valence-electron chi connectivity index (χ3n) is 4.10. The van der Waals surface area contributed by atoms with Gasteiger partial charge in [-0.1, -0.05) is 36.2 Å². The van der Waals surface area contributed by atoms with E-state index < -0.39 is 11.8 Å². The van der Waals surface area contributed by atoms with Crippen LogP contribution in [0, 0.1) is 5.92 Å². The quantitative estimate of drug-likeness (QED) is 0.581. The number of halogens is 2. The molecule has 8 heteroatoms. The standard InChI is InChI=1S/C19H20F2N2O2S2/c1-19(20,21)16-11-15(25-13-5-3-2-4-6-13)17(27-16)18(24)23-14(9-10-26-22)12-7-8-12/h2-6,9-12,14H,7-8,22H2,1H3,(H,23,24)/b10-9+. The summed E-state index contributed by atoms with van der Waals surface area (Å²) in [5, 5.41) is 10.0. The van der Waals surface area contributed by atoms with E-state index in [1.54, 1.807) is 29.7 Å². The lowest BCUT2D eigenvalue weighted by Gasteiger charge is -2.14. The summed E-state index contributed by atoms with van der Waals surface area (Å²) in [6.07, 6.45) is 3.86. The molecule has 3 N–H and O–H groups in total. The second kappa shape index (κ2) is 8.41. The minimum Gasteiger partial charge on any atom is -0.456 e. The largest absolute Gasteiger partial charge is 0.456 e. The molecule has 0 radical (unpaired) electrons. The molecule has 0 bridgehead atoms. The smallest absolute Gasteiger partial charge is 0.279 e. The van der Waals surface area contributed by atoms with E-state index in [9.17, 15) is 13.6 Å². The van der Waals surface area contributed by atoms with E-state index in [0.717, 1.165) is 43.1 Å². The van der Waals surface area contributed by atoms with E-state index in [-0.39, 0.29) is 21.5 Å². The molecule has 1 aliphatic carbocycles. The number of hydrogen-bond acceptors (Lipinski definition) is 5. The van der Waals surface area contributed by atoms with Crippen molar-refractivity contribution in [1.82, 2.24) is 5.32 Å². The fourth-order valence-corrected chi connectivity index (χ4v) is 3.74. The van der Waals surface area contributed by atoms with Crippen LogP contribution in [0.1, 0.15) is 34.3 Å². The maximum Gasteiger partial charge on any atom is 0.279 e. The van der Waals surface area contributed by atoms with Gasteiger partial charge in [-0.2, -0.15) is 0 Å². The van der Waals surface area contributed by atoms with E-state index in [0.29, 0.717) is 11.7 Å². The summed E-state index contributed by atoms with van der Waals surface area (Å²) in [4.78, 5) is 12.7. The van der Waals surface area contributed by atoms with Gasteiger partial charge in [0.25, 0.3) is 11.8 Å². The van der Waals surface area contributed by atoms with Crippen molar-refractivity contribution >= 4 is 29.2 Å². The Hall–Kier alpha value is -1.90. The maximum absolute atomic E-state index is 13.8. The van der Waals surface area contributed by atoms with Crippen molar-refractivity contribution in [2.24, 2.45) is 11.1 Å². The molecule has 4 nitrogen and oxygen atoms in total. The molecule has 1 unspecified atom stereocenters. The van der Waals surface area contributed by atoms with Gasteiger partial charge in [0.15, 0.2) is 5.75 Å². The predicted octanol–water partition coefficient (Wildman–Crippen LogP) is 5.28. The summed E-state index contributed by atoms with van der Waals surface area (Å²) >= 11 is 1.81. The minimum atomic E-state index is -3.05. The average molecular weight is 411 g/mol. The van der Waals surface area contributed by atoms with Gasteiger partial charge in [-0.05, 0) is 36.3 Å². The molecule has 1 heterocycles. The van der Waals surface area contributed by atoms with Gasteiger partial charge in [0, 0.05) is 13.0 Å². The molecule has 0 aliphatic heterocycles. The van der Waals surface area contributed by atoms with Crippen molar-refractivity contribution in [2.45, 2.75) is 31.7 Å². The Morgan fingerprint density at radius 2 is 2.11 bits per heavy atom. The summed E-state index contributed by atoms with van der Waals surface area (Å²) in [7, 11) is 0. The highest BCUT2D eigenvalue weighted by atomic mass is 32.2. The normalized spacial score (nSPS) is 15.7.